The third-order valence-corrected chi connectivity index (χ3v) is 6.19. The van der Waals surface area contributed by atoms with Crippen LogP contribution in [0.3, 0.4) is 0 Å². The number of amides is 1. The van der Waals surface area contributed by atoms with Crippen LogP contribution in [-0.2, 0) is 4.79 Å². The highest BCUT2D eigenvalue weighted by molar-refractivity contribution is 5.77. The fraction of sp³-hybridized carbons (Fsp3) is 0.941. The summed E-state index contributed by atoms with van der Waals surface area (Å²) in [6.07, 6.45) is 13.6. The van der Waals surface area contributed by atoms with E-state index in [1.165, 1.54) is 51.4 Å². The second-order valence-corrected chi connectivity index (χ2v) is 7.43. The molecule has 1 atom stereocenters. The zero-order valence-electron chi connectivity index (χ0n) is 12.8. The lowest BCUT2D eigenvalue weighted by Crippen LogP contribution is -2.46. The second kappa shape index (κ2) is 6.05. The number of likely N-dealkylation sites (tertiary alicyclic amines) is 1. The number of hydrogen-bond donors (Lipinski definition) is 1. The Hall–Kier alpha value is -0.570. The molecule has 0 bridgehead atoms. The summed E-state index contributed by atoms with van der Waals surface area (Å²) in [5, 5.41) is 0. The number of carbonyl (C=O) groups is 1. The summed E-state index contributed by atoms with van der Waals surface area (Å²) in [4.78, 5) is 15.0. The maximum Gasteiger partial charge on any atom is 0.223 e. The first-order valence-electron chi connectivity index (χ1n) is 8.74. The third kappa shape index (κ3) is 2.74. The van der Waals surface area contributed by atoms with Crippen molar-refractivity contribution in [3.8, 4) is 0 Å². The molecule has 1 heterocycles. The van der Waals surface area contributed by atoms with E-state index in [0.717, 1.165) is 25.3 Å². The van der Waals surface area contributed by atoms with Crippen LogP contribution in [0.1, 0.15) is 70.6 Å². The summed E-state index contributed by atoms with van der Waals surface area (Å²) in [6.45, 7) is 1.70. The average Bonchev–Trinajstić information content (AvgIpc) is 2.93. The van der Waals surface area contributed by atoms with Gasteiger partial charge in [0.2, 0.25) is 5.91 Å². The highest BCUT2D eigenvalue weighted by Gasteiger charge is 2.41. The molecule has 0 aromatic heterocycles. The van der Waals surface area contributed by atoms with Gasteiger partial charge in [-0.1, -0.05) is 25.7 Å². The largest absolute Gasteiger partial charge is 0.339 e. The Morgan fingerprint density at radius 1 is 1.05 bits per heavy atom. The first-order chi connectivity index (χ1) is 9.74. The Morgan fingerprint density at radius 2 is 1.80 bits per heavy atom. The molecular formula is C17H30N2O. The second-order valence-electron chi connectivity index (χ2n) is 7.43. The molecule has 0 spiro atoms. The summed E-state index contributed by atoms with van der Waals surface area (Å²) in [6, 6.07) is 0.553. The monoisotopic (exact) mass is 278 g/mol. The topological polar surface area (TPSA) is 46.3 Å². The van der Waals surface area contributed by atoms with Gasteiger partial charge in [0.15, 0.2) is 0 Å². The van der Waals surface area contributed by atoms with Crippen LogP contribution in [0, 0.1) is 11.3 Å². The molecule has 3 heteroatoms. The minimum atomic E-state index is 0.163. The van der Waals surface area contributed by atoms with Crippen LogP contribution < -0.4 is 5.73 Å². The molecule has 3 nitrogen and oxygen atoms in total. The van der Waals surface area contributed by atoms with Gasteiger partial charge in [0.05, 0.1) is 0 Å². The normalized spacial score (nSPS) is 30.2. The average molecular weight is 278 g/mol. The van der Waals surface area contributed by atoms with Crippen LogP contribution in [0.25, 0.3) is 0 Å². The van der Waals surface area contributed by atoms with E-state index < -0.39 is 0 Å². The predicted octanol–water partition coefficient (Wildman–Crippen LogP) is 3.08. The molecule has 3 fully saturated rings. The van der Waals surface area contributed by atoms with Gasteiger partial charge in [-0.25, -0.2) is 0 Å². The van der Waals surface area contributed by atoms with Gasteiger partial charge in [0.1, 0.15) is 0 Å². The van der Waals surface area contributed by atoms with Gasteiger partial charge in [-0.05, 0) is 56.4 Å². The highest BCUT2D eigenvalue weighted by atomic mass is 16.2. The summed E-state index contributed by atoms with van der Waals surface area (Å²) in [5.41, 5.74) is 6.09. The van der Waals surface area contributed by atoms with Crippen molar-refractivity contribution in [3.63, 3.8) is 0 Å². The SMILES string of the molecule is NCC1(CC(=O)N2CCCC2C2CCCCC2)CCC1. The van der Waals surface area contributed by atoms with Crippen molar-refractivity contribution in [2.24, 2.45) is 17.1 Å². The molecule has 0 aromatic carbocycles. The zero-order valence-corrected chi connectivity index (χ0v) is 12.8. The molecule has 20 heavy (non-hydrogen) atoms. The van der Waals surface area contributed by atoms with Crippen molar-refractivity contribution in [1.29, 1.82) is 0 Å². The van der Waals surface area contributed by atoms with Gasteiger partial charge < -0.3 is 10.6 Å². The molecule has 3 rings (SSSR count). The van der Waals surface area contributed by atoms with Crippen LogP contribution >= 0.6 is 0 Å². The Balaban J connectivity index is 1.61. The molecule has 1 saturated heterocycles. The van der Waals surface area contributed by atoms with E-state index in [0.29, 0.717) is 24.9 Å². The maximum atomic E-state index is 12.7. The molecule has 2 aliphatic carbocycles. The van der Waals surface area contributed by atoms with Crippen LogP contribution in [0.4, 0.5) is 0 Å². The van der Waals surface area contributed by atoms with Crippen molar-refractivity contribution in [2.75, 3.05) is 13.1 Å². The first kappa shape index (κ1) is 14.4. The fourth-order valence-corrected chi connectivity index (χ4v) is 4.66. The summed E-state index contributed by atoms with van der Waals surface area (Å²) >= 11 is 0. The lowest BCUT2D eigenvalue weighted by molar-refractivity contribution is -0.137. The van der Waals surface area contributed by atoms with Crippen molar-refractivity contribution in [3.05, 3.63) is 0 Å². The minimum absolute atomic E-state index is 0.163. The van der Waals surface area contributed by atoms with Gasteiger partial charge >= 0.3 is 0 Å². The quantitative estimate of drug-likeness (QED) is 0.859. The van der Waals surface area contributed by atoms with Crippen LogP contribution in [0.5, 0.6) is 0 Å². The summed E-state index contributed by atoms with van der Waals surface area (Å²) in [7, 11) is 0. The number of nitrogens with two attached hydrogens (primary N) is 1. The van der Waals surface area contributed by atoms with E-state index in [2.05, 4.69) is 4.90 Å². The van der Waals surface area contributed by atoms with E-state index in [4.69, 9.17) is 5.73 Å². The van der Waals surface area contributed by atoms with Crippen molar-refractivity contribution < 1.29 is 4.79 Å². The lowest BCUT2D eigenvalue weighted by atomic mass is 9.66. The van der Waals surface area contributed by atoms with Gasteiger partial charge in [-0.3, -0.25) is 4.79 Å². The minimum Gasteiger partial charge on any atom is -0.339 e. The molecule has 0 aromatic rings. The third-order valence-electron chi connectivity index (χ3n) is 6.19. The number of rotatable bonds is 4. The molecule has 1 amide bonds. The van der Waals surface area contributed by atoms with Gasteiger partial charge in [-0.2, -0.15) is 0 Å². The van der Waals surface area contributed by atoms with Crippen LogP contribution in [0.15, 0.2) is 0 Å². The van der Waals surface area contributed by atoms with E-state index in [1.807, 2.05) is 0 Å². The Kier molecular flexibility index (Phi) is 4.34. The number of carbonyl (C=O) groups excluding carboxylic acids is 1. The summed E-state index contributed by atoms with van der Waals surface area (Å²) in [5.74, 6) is 1.19. The van der Waals surface area contributed by atoms with Crippen LogP contribution in [0.2, 0.25) is 0 Å². The van der Waals surface area contributed by atoms with E-state index in [-0.39, 0.29) is 5.41 Å². The van der Waals surface area contributed by atoms with Crippen molar-refractivity contribution in [1.82, 2.24) is 4.90 Å². The first-order valence-corrected chi connectivity index (χ1v) is 8.74. The van der Waals surface area contributed by atoms with Gasteiger partial charge in [-0.15, -0.1) is 0 Å². The number of hydrogen-bond acceptors (Lipinski definition) is 2. The molecule has 114 valence electrons. The molecule has 2 saturated carbocycles. The summed E-state index contributed by atoms with van der Waals surface area (Å²) < 4.78 is 0. The number of nitrogens with zero attached hydrogens (tertiary/aromatic N) is 1. The molecule has 1 aliphatic heterocycles. The van der Waals surface area contributed by atoms with Crippen molar-refractivity contribution in [2.45, 2.75) is 76.7 Å². The Bertz CT molecular complexity index is 339. The lowest BCUT2D eigenvalue weighted by Gasteiger charge is -2.42. The van der Waals surface area contributed by atoms with E-state index in [9.17, 15) is 4.79 Å². The molecule has 3 aliphatic rings. The van der Waals surface area contributed by atoms with Crippen LogP contribution in [-0.4, -0.2) is 29.9 Å². The predicted molar refractivity (Wildman–Crippen MR) is 81.3 cm³/mol. The molecule has 1 unspecified atom stereocenters. The van der Waals surface area contributed by atoms with Gasteiger partial charge in [0, 0.05) is 19.0 Å². The molecular weight excluding hydrogens is 248 g/mol. The standard InChI is InChI=1S/C17H30N2O/c18-13-17(9-5-10-17)12-16(20)19-11-4-8-15(19)14-6-2-1-3-7-14/h14-15H,1-13,18H2. The Labute approximate surface area is 123 Å². The highest BCUT2D eigenvalue weighted by Crippen LogP contribution is 2.44. The fourth-order valence-electron chi connectivity index (χ4n) is 4.66. The zero-order chi connectivity index (χ0) is 14.0. The molecule has 0 radical (unpaired) electrons. The van der Waals surface area contributed by atoms with E-state index in [1.54, 1.807) is 0 Å². The smallest absolute Gasteiger partial charge is 0.223 e. The molecule has 2 N–H and O–H groups in total. The van der Waals surface area contributed by atoms with Gasteiger partial charge in [0.25, 0.3) is 0 Å². The van der Waals surface area contributed by atoms with Crippen molar-refractivity contribution >= 4 is 5.91 Å². The van der Waals surface area contributed by atoms with E-state index >= 15 is 0 Å². The maximum absolute atomic E-state index is 12.7. The Morgan fingerprint density at radius 3 is 2.40 bits per heavy atom.